The van der Waals surface area contributed by atoms with E-state index in [1.165, 1.54) is 21.7 Å². The van der Waals surface area contributed by atoms with Crippen LogP contribution in [0.3, 0.4) is 0 Å². The second kappa shape index (κ2) is 11.7. The van der Waals surface area contributed by atoms with Crippen LogP contribution in [0, 0.1) is 12.3 Å². The molecule has 0 saturated carbocycles. The first-order valence-electron chi connectivity index (χ1n) is 13.8. The van der Waals surface area contributed by atoms with E-state index in [1.807, 2.05) is 25.7 Å². The van der Waals surface area contributed by atoms with Gasteiger partial charge in [-0.05, 0) is 51.3 Å². The molecule has 3 heterocycles. The highest BCUT2D eigenvalue weighted by atomic mass is 19.3. The molecule has 2 amide bonds. The molecule has 0 spiro atoms. The Hall–Kier alpha value is -4.36. The summed E-state index contributed by atoms with van der Waals surface area (Å²) >= 11 is 0. The minimum Gasteiger partial charge on any atom is -0.470 e. The van der Waals surface area contributed by atoms with E-state index >= 15 is 0 Å². The number of piperazine rings is 1. The van der Waals surface area contributed by atoms with Gasteiger partial charge in [-0.1, -0.05) is 38.1 Å². The molecule has 14 heteroatoms. The normalized spacial score (nSPS) is 17.7. The summed E-state index contributed by atoms with van der Waals surface area (Å²) < 4.78 is 38.9. The van der Waals surface area contributed by atoms with Crippen LogP contribution in [-0.4, -0.2) is 72.9 Å². The fourth-order valence-electron chi connectivity index (χ4n) is 5.05. The van der Waals surface area contributed by atoms with Crippen LogP contribution in [0.25, 0.3) is 5.69 Å². The maximum Gasteiger partial charge on any atom is 0.411 e. The molecule has 1 aromatic carbocycles. The highest BCUT2D eigenvalue weighted by molar-refractivity contribution is 5.91. The number of halogens is 2. The molecule has 0 radical (unpaired) electrons. The number of anilines is 1. The van der Waals surface area contributed by atoms with Crippen LogP contribution in [0.1, 0.15) is 64.9 Å². The van der Waals surface area contributed by atoms with Gasteiger partial charge in [0.2, 0.25) is 11.8 Å². The van der Waals surface area contributed by atoms with Gasteiger partial charge in [-0.3, -0.25) is 9.69 Å². The van der Waals surface area contributed by atoms with E-state index in [2.05, 4.69) is 20.5 Å². The number of alkyl halides is 2. The van der Waals surface area contributed by atoms with Gasteiger partial charge in [-0.25, -0.2) is 18.3 Å². The van der Waals surface area contributed by atoms with E-state index in [-0.39, 0.29) is 31.1 Å². The summed E-state index contributed by atoms with van der Waals surface area (Å²) in [4.78, 5) is 29.6. The third-order valence-corrected chi connectivity index (χ3v) is 7.39. The van der Waals surface area contributed by atoms with E-state index < -0.39 is 35.0 Å². The first kappa shape index (κ1) is 31.6. The zero-order chi connectivity index (χ0) is 31.7. The lowest BCUT2D eigenvalue weighted by Crippen LogP contribution is -2.74. The van der Waals surface area contributed by atoms with Gasteiger partial charge in [0, 0.05) is 24.7 Å². The number of primary amides is 1. The Labute approximate surface area is 249 Å². The summed E-state index contributed by atoms with van der Waals surface area (Å²) in [5, 5.41) is 16.7. The molecule has 2 aromatic heterocycles. The van der Waals surface area contributed by atoms with E-state index in [0.29, 0.717) is 29.4 Å². The van der Waals surface area contributed by atoms with Crippen LogP contribution in [0.15, 0.2) is 36.4 Å². The number of nitrogens with two attached hydrogens (primary N) is 1. The number of aryl methyl sites for hydroxylation is 1. The Morgan fingerprint density at radius 2 is 1.67 bits per heavy atom. The predicted molar refractivity (Wildman–Crippen MR) is 154 cm³/mol. The van der Waals surface area contributed by atoms with Crippen molar-refractivity contribution in [3.8, 4) is 11.6 Å². The zero-order valence-electron chi connectivity index (χ0n) is 25.5. The molecule has 12 nitrogen and oxygen atoms in total. The first-order valence-corrected chi connectivity index (χ1v) is 13.8. The van der Waals surface area contributed by atoms with Crippen molar-refractivity contribution in [3.63, 3.8) is 0 Å². The van der Waals surface area contributed by atoms with Gasteiger partial charge in [0.15, 0.2) is 5.82 Å². The number of ether oxygens (including phenoxy) is 2. The molecule has 1 aliphatic rings. The molecule has 1 saturated heterocycles. The average molecular weight is 601 g/mol. The summed E-state index contributed by atoms with van der Waals surface area (Å²) in [7, 11) is 0. The molecule has 232 valence electrons. The van der Waals surface area contributed by atoms with Gasteiger partial charge in [0.05, 0.1) is 17.9 Å². The van der Waals surface area contributed by atoms with Gasteiger partial charge in [0.25, 0.3) is 6.43 Å². The lowest BCUT2D eigenvalue weighted by Gasteiger charge is -2.54. The fourth-order valence-corrected chi connectivity index (χ4v) is 5.05. The van der Waals surface area contributed by atoms with E-state index in [9.17, 15) is 18.4 Å². The molecule has 2 N–H and O–H groups in total. The van der Waals surface area contributed by atoms with Gasteiger partial charge < -0.3 is 20.1 Å². The summed E-state index contributed by atoms with van der Waals surface area (Å²) in [6.07, 6.45) is -3.17. The van der Waals surface area contributed by atoms with E-state index in [4.69, 9.17) is 15.2 Å². The van der Waals surface area contributed by atoms with Gasteiger partial charge in [-0.15, -0.1) is 15.3 Å². The van der Waals surface area contributed by atoms with Crippen LogP contribution < -0.4 is 15.4 Å². The van der Waals surface area contributed by atoms with Gasteiger partial charge in [-0.2, -0.15) is 0 Å². The Kier molecular flexibility index (Phi) is 8.61. The molecule has 1 atom stereocenters. The third kappa shape index (κ3) is 6.52. The monoisotopic (exact) mass is 600 g/mol. The van der Waals surface area contributed by atoms with Crippen molar-refractivity contribution in [1.29, 1.82) is 0 Å². The SMILES string of the molecule is Cc1nnn(-c2ccc(C(F)F)cc2)c1COc1ccc(N2CCN(C(=O)OC(C)(C)C)C(C(N)=O)(C(C)(C)C)C2)nn1. The second-order valence-electron chi connectivity index (χ2n) is 12.5. The van der Waals surface area contributed by atoms with Crippen molar-refractivity contribution < 1.29 is 27.8 Å². The molecular formula is C29H38F2N8O4. The second-order valence-corrected chi connectivity index (χ2v) is 12.5. The smallest absolute Gasteiger partial charge is 0.411 e. The Balaban J connectivity index is 1.51. The molecule has 4 rings (SSSR count). The number of amides is 2. The highest BCUT2D eigenvalue weighted by Crippen LogP contribution is 2.40. The van der Waals surface area contributed by atoms with Crippen molar-refractivity contribution >= 4 is 17.8 Å². The number of hydrogen-bond acceptors (Lipinski definition) is 9. The first-order chi connectivity index (χ1) is 20.0. The maximum absolute atomic E-state index is 13.2. The van der Waals surface area contributed by atoms with Gasteiger partial charge in [0.1, 0.15) is 23.4 Å². The molecule has 0 bridgehead atoms. The van der Waals surface area contributed by atoms with Crippen molar-refractivity contribution in [2.24, 2.45) is 11.1 Å². The minimum atomic E-state index is -2.56. The van der Waals surface area contributed by atoms with Crippen molar-refractivity contribution in [3.05, 3.63) is 53.3 Å². The van der Waals surface area contributed by atoms with Crippen LogP contribution in [-0.2, 0) is 16.1 Å². The molecule has 1 fully saturated rings. The Bertz CT molecular complexity index is 1450. The number of carbonyl (C=O) groups excluding carboxylic acids is 2. The summed E-state index contributed by atoms with van der Waals surface area (Å²) in [6, 6.07) is 9.12. The quantitative estimate of drug-likeness (QED) is 0.422. The molecule has 43 heavy (non-hydrogen) atoms. The summed E-state index contributed by atoms with van der Waals surface area (Å²) in [6.45, 7) is 13.3. The number of carbonyl (C=O) groups is 2. The third-order valence-electron chi connectivity index (χ3n) is 7.39. The largest absolute Gasteiger partial charge is 0.470 e. The molecule has 1 unspecified atom stereocenters. The van der Waals surface area contributed by atoms with Crippen molar-refractivity contribution in [2.75, 3.05) is 24.5 Å². The minimum absolute atomic E-state index is 0.0484. The molecule has 1 aliphatic heterocycles. The topological polar surface area (TPSA) is 142 Å². The number of rotatable bonds is 7. The van der Waals surface area contributed by atoms with Crippen LogP contribution in [0.2, 0.25) is 0 Å². The number of aromatic nitrogens is 5. The lowest BCUT2D eigenvalue weighted by atomic mass is 9.70. The maximum atomic E-state index is 13.2. The number of nitrogens with zero attached hydrogens (tertiary/aromatic N) is 7. The van der Waals surface area contributed by atoms with Gasteiger partial charge >= 0.3 is 6.09 Å². The fraction of sp³-hybridized carbons (Fsp3) is 0.517. The van der Waals surface area contributed by atoms with Crippen LogP contribution in [0.4, 0.5) is 19.4 Å². The van der Waals surface area contributed by atoms with Crippen molar-refractivity contribution in [1.82, 2.24) is 30.1 Å². The average Bonchev–Trinajstić information content (AvgIpc) is 3.30. The van der Waals surface area contributed by atoms with E-state index in [0.717, 1.165) is 0 Å². The highest BCUT2D eigenvalue weighted by Gasteiger charge is 2.57. The van der Waals surface area contributed by atoms with E-state index in [1.54, 1.807) is 52.0 Å². The standard InChI is InChI=1S/C29H38F2N8O4/c1-18-21(39(36-33-18)20-10-8-19(9-11-20)24(30)31)16-42-23-13-12-22(34-35-23)37-14-15-38(26(41)43-28(5,6)7)29(17-37,25(32)40)27(2,3)4/h8-13,24H,14-17H2,1-7H3,(H2,32,40). The number of benzene rings is 1. The van der Waals surface area contributed by atoms with Crippen LogP contribution in [0.5, 0.6) is 5.88 Å². The summed E-state index contributed by atoms with van der Waals surface area (Å²) in [5.41, 5.74) is 4.83. The molecular weight excluding hydrogens is 562 g/mol. The lowest BCUT2D eigenvalue weighted by molar-refractivity contribution is -0.138. The molecule has 0 aliphatic carbocycles. The van der Waals surface area contributed by atoms with Crippen LogP contribution >= 0.6 is 0 Å². The van der Waals surface area contributed by atoms with Crippen molar-refractivity contribution in [2.45, 2.75) is 72.6 Å². The summed E-state index contributed by atoms with van der Waals surface area (Å²) in [5.74, 6) is 0.0642. The number of hydrogen-bond donors (Lipinski definition) is 1. The Morgan fingerprint density at radius 3 is 2.21 bits per heavy atom. The predicted octanol–water partition coefficient (Wildman–Crippen LogP) is 4.21. The molecule has 3 aromatic rings. The Morgan fingerprint density at radius 1 is 1.00 bits per heavy atom. The zero-order valence-corrected chi connectivity index (χ0v) is 25.5.